The van der Waals surface area contributed by atoms with Gasteiger partial charge in [-0.3, -0.25) is 4.90 Å². The molecule has 2 aromatic rings. The van der Waals surface area contributed by atoms with Gasteiger partial charge < -0.3 is 16.4 Å². The van der Waals surface area contributed by atoms with Gasteiger partial charge in [0.05, 0.1) is 11.4 Å². The zero-order chi connectivity index (χ0) is 19.5. The second-order valence-electron chi connectivity index (χ2n) is 6.56. The molecule has 4 N–H and O–H groups in total. The minimum absolute atomic E-state index is 0.315. The smallest absolute Gasteiger partial charge is 0.214 e. The number of nitrogens with one attached hydrogen (secondary N) is 2. The van der Waals surface area contributed by atoms with Crippen molar-refractivity contribution in [3.8, 4) is 0 Å². The molecule has 0 radical (unpaired) electrons. The van der Waals surface area contributed by atoms with E-state index in [1.807, 2.05) is 30.3 Å². The fourth-order valence-electron chi connectivity index (χ4n) is 2.86. The summed E-state index contributed by atoms with van der Waals surface area (Å²) in [6.45, 7) is 3.99. The molecular weight excluding hydrogens is 355 g/mol. The first kappa shape index (κ1) is 17.8. The maximum Gasteiger partial charge on any atom is 0.214 e. The summed E-state index contributed by atoms with van der Waals surface area (Å²) < 4.78 is 14.2. The highest BCUT2D eigenvalue weighted by Crippen LogP contribution is 2.27. The topological polar surface area (TPSA) is 78.0 Å². The van der Waals surface area contributed by atoms with E-state index in [0.717, 1.165) is 18.5 Å². The van der Waals surface area contributed by atoms with Gasteiger partial charge in [0, 0.05) is 12.2 Å². The van der Waals surface area contributed by atoms with Gasteiger partial charge in [0.15, 0.2) is 5.84 Å². The Kier molecular flexibility index (Phi) is 4.80. The van der Waals surface area contributed by atoms with Crippen LogP contribution in [0.5, 0.6) is 0 Å². The van der Waals surface area contributed by atoms with Crippen molar-refractivity contribution >= 4 is 23.2 Å². The molecule has 7 heteroatoms. The van der Waals surface area contributed by atoms with Crippen molar-refractivity contribution < 1.29 is 4.39 Å². The van der Waals surface area contributed by atoms with Crippen LogP contribution in [0.15, 0.2) is 88.9 Å². The van der Waals surface area contributed by atoms with Gasteiger partial charge in [-0.25, -0.2) is 14.4 Å². The normalized spacial score (nSPS) is 19.0. The Morgan fingerprint density at radius 3 is 2.57 bits per heavy atom. The molecule has 1 aliphatic heterocycles. The highest BCUT2D eigenvalue weighted by atomic mass is 19.1. The van der Waals surface area contributed by atoms with Gasteiger partial charge in [-0.05, 0) is 37.1 Å². The Balaban J connectivity index is 1.72. The molecule has 2 aromatic carbocycles. The molecule has 0 bridgehead atoms. The molecule has 1 fully saturated rings. The third-order valence-corrected chi connectivity index (χ3v) is 4.36. The molecule has 28 heavy (non-hydrogen) atoms. The quantitative estimate of drug-likeness (QED) is 0.746. The van der Waals surface area contributed by atoms with Crippen molar-refractivity contribution in [3.05, 3.63) is 84.7 Å². The summed E-state index contributed by atoms with van der Waals surface area (Å²) in [4.78, 5) is 10.9. The highest BCUT2D eigenvalue weighted by Gasteiger charge is 2.31. The number of amidine groups is 1. The van der Waals surface area contributed by atoms with E-state index >= 15 is 0 Å². The number of para-hydroxylation sites is 2. The first-order valence-corrected chi connectivity index (χ1v) is 9.07. The van der Waals surface area contributed by atoms with Crippen molar-refractivity contribution in [1.29, 1.82) is 0 Å². The second kappa shape index (κ2) is 7.56. The lowest BCUT2D eigenvalue weighted by Gasteiger charge is -2.22. The Morgan fingerprint density at radius 1 is 1.18 bits per heavy atom. The number of guanidine groups is 1. The van der Waals surface area contributed by atoms with Crippen molar-refractivity contribution in [3.63, 3.8) is 0 Å². The number of aliphatic imine (C=N–C) groups is 2. The van der Waals surface area contributed by atoms with Crippen LogP contribution >= 0.6 is 0 Å². The van der Waals surface area contributed by atoms with E-state index < -0.39 is 0 Å². The molecule has 0 atom stereocenters. The van der Waals surface area contributed by atoms with Crippen LogP contribution in [0.1, 0.15) is 12.8 Å². The molecule has 1 heterocycles. The molecule has 2 aliphatic rings. The van der Waals surface area contributed by atoms with Crippen molar-refractivity contribution in [2.75, 3.05) is 10.2 Å². The predicted molar refractivity (Wildman–Crippen MR) is 111 cm³/mol. The van der Waals surface area contributed by atoms with E-state index in [-0.39, 0.29) is 5.82 Å². The average Bonchev–Trinajstić information content (AvgIpc) is 3.45. The maximum absolute atomic E-state index is 14.2. The zero-order valence-electron chi connectivity index (χ0n) is 15.3. The first-order chi connectivity index (χ1) is 13.7. The minimum atomic E-state index is -0.373. The van der Waals surface area contributed by atoms with Crippen LogP contribution in [-0.2, 0) is 0 Å². The monoisotopic (exact) mass is 376 g/mol. The van der Waals surface area contributed by atoms with Gasteiger partial charge in [0.25, 0.3) is 0 Å². The van der Waals surface area contributed by atoms with Crippen molar-refractivity contribution in [2.45, 2.75) is 18.9 Å². The van der Waals surface area contributed by atoms with Crippen LogP contribution in [0.3, 0.4) is 0 Å². The van der Waals surface area contributed by atoms with E-state index in [0.29, 0.717) is 35.0 Å². The van der Waals surface area contributed by atoms with Gasteiger partial charge in [-0.15, -0.1) is 0 Å². The molecule has 0 unspecified atom stereocenters. The molecular formula is C21H21FN6. The summed E-state index contributed by atoms with van der Waals surface area (Å²) in [5, 5.41) is 6.32. The van der Waals surface area contributed by atoms with Gasteiger partial charge in [0.2, 0.25) is 5.96 Å². The Hall–Kier alpha value is -3.61. The first-order valence-electron chi connectivity index (χ1n) is 9.07. The lowest BCUT2D eigenvalue weighted by atomic mass is 10.2. The molecule has 1 saturated carbocycles. The van der Waals surface area contributed by atoms with Crippen molar-refractivity contribution in [1.82, 2.24) is 5.32 Å². The van der Waals surface area contributed by atoms with E-state index in [1.54, 1.807) is 23.1 Å². The molecule has 6 nitrogen and oxygen atoms in total. The van der Waals surface area contributed by atoms with Gasteiger partial charge >= 0.3 is 0 Å². The molecule has 4 rings (SSSR count). The molecule has 0 spiro atoms. The fourth-order valence-corrected chi connectivity index (χ4v) is 2.86. The predicted octanol–water partition coefficient (Wildman–Crippen LogP) is 3.54. The van der Waals surface area contributed by atoms with Crippen molar-refractivity contribution in [2.24, 2.45) is 15.7 Å². The standard InChI is InChI=1S/C21H21FN6/c1-14(24-15-11-12-15)25-20-19(13-23)27-21(26-18-10-6-5-9-17(18)22)28(20)16-7-3-2-4-8-16/h2-10,13,15,24H,1,11-12,23H2,(H,26,27)/b19-13+,25-20+. The summed E-state index contributed by atoms with van der Waals surface area (Å²) in [5.74, 6) is 1.10. The number of rotatable bonds is 5. The fraction of sp³-hybridized carbons (Fsp3) is 0.143. The zero-order valence-corrected chi connectivity index (χ0v) is 15.3. The largest absolute Gasteiger partial charge is 0.403 e. The summed E-state index contributed by atoms with van der Waals surface area (Å²) in [6.07, 6.45) is 3.61. The Bertz CT molecular complexity index is 975. The average molecular weight is 376 g/mol. The number of nitrogens with zero attached hydrogens (tertiary/aromatic N) is 3. The number of nitrogens with two attached hydrogens (primary N) is 1. The number of benzene rings is 2. The summed E-state index contributed by atoms with van der Waals surface area (Å²) >= 11 is 0. The number of halogens is 1. The molecule has 1 aliphatic carbocycles. The van der Waals surface area contributed by atoms with Crippen LogP contribution < -0.4 is 21.3 Å². The number of anilines is 2. The Labute approximate surface area is 163 Å². The Morgan fingerprint density at radius 2 is 1.89 bits per heavy atom. The maximum atomic E-state index is 14.2. The molecule has 142 valence electrons. The summed E-state index contributed by atoms with van der Waals surface area (Å²) in [6, 6.07) is 16.4. The van der Waals surface area contributed by atoms with Crippen LogP contribution in [-0.4, -0.2) is 17.8 Å². The van der Waals surface area contributed by atoms with Gasteiger partial charge in [0.1, 0.15) is 17.3 Å². The molecule has 0 saturated heterocycles. The lowest BCUT2D eigenvalue weighted by molar-refractivity contribution is 0.632. The molecule has 0 amide bonds. The van der Waals surface area contributed by atoms with Crippen LogP contribution in [0, 0.1) is 5.82 Å². The third kappa shape index (κ3) is 3.73. The van der Waals surface area contributed by atoms with E-state index in [2.05, 4.69) is 27.2 Å². The van der Waals surface area contributed by atoms with Crippen LogP contribution in [0.25, 0.3) is 0 Å². The number of hydrogen-bond donors (Lipinski definition) is 3. The molecule has 0 aromatic heterocycles. The SMILES string of the molecule is C=C(/N=C1\C(=C/N)N=C(Nc2ccccc2F)N1c1ccccc1)NC1CC1. The summed E-state index contributed by atoms with van der Waals surface area (Å²) in [7, 11) is 0. The lowest BCUT2D eigenvalue weighted by Crippen LogP contribution is -2.37. The summed E-state index contributed by atoms with van der Waals surface area (Å²) in [5.41, 5.74) is 7.42. The van der Waals surface area contributed by atoms with Crippen LogP contribution in [0.4, 0.5) is 15.8 Å². The second-order valence-corrected chi connectivity index (χ2v) is 6.56. The highest BCUT2D eigenvalue weighted by molar-refractivity contribution is 6.32. The van der Waals surface area contributed by atoms with E-state index in [9.17, 15) is 4.39 Å². The van der Waals surface area contributed by atoms with Crippen LogP contribution in [0.2, 0.25) is 0 Å². The van der Waals surface area contributed by atoms with E-state index in [4.69, 9.17) is 5.73 Å². The number of hydrogen-bond acceptors (Lipinski definition) is 5. The van der Waals surface area contributed by atoms with E-state index in [1.165, 1.54) is 12.3 Å². The third-order valence-electron chi connectivity index (χ3n) is 4.36. The van der Waals surface area contributed by atoms with Gasteiger partial charge in [-0.1, -0.05) is 36.9 Å². The minimum Gasteiger partial charge on any atom is -0.403 e. The van der Waals surface area contributed by atoms with Gasteiger partial charge in [-0.2, -0.15) is 0 Å².